The number of halogens is 1. The van der Waals surface area contributed by atoms with Gasteiger partial charge >= 0.3 is 0 Å². The Morgan fingerprint density at radius 1 is 1.06 bits per heavy atom. The highest BCUT2D eigenvalue weighted by Gasteiger charge is 2.10. The van der Waals surface area contributed by atoms with Crippen molar-refractivity contribution in [3.8, 4) is 11.4 Å². The number of benzene rings is 1. The highest BCUT2D eigenvalue weighted by Crippen LogP contribution is 2.25. The van der Waals surface area contributed by atoms with Gasteiger partial charge in [0.1, 0.15) is 5.15 Å². The number of thiol groups is 1. The van der Waals surface area contributed by atoms with Gasteiger partial charge in [0.25, 0.3) is 0 Å². The first-order valence-electron chi connectivity index (χ1n) is 5.05. The normalized spacial score (nSPS) is 10.9. The number of rotatable bonds is 1. The number of hydrogen-bond acceptors (Lipinski definition) is 3. The summed E-state index contributed by atoms with van der Waals surface area (Å²) in [6.07, 6.45) is 1.79. The van der Waals surface area contributed by atoms with Crippen LogP contribution in [0.3, 0.4) is 0 Å². The van der Waals surface area contributed by atoms with E-state index in [1.165, 1.54) is 0 Å². The average molecular weight is 262 g/mol. The fourth-order valence-corrected chi connectivity index (χ4v) is 2.13. The molecular weight excluding hydrogens is 254 g/mol. The van der Waals surface area contributed by atoms with Gasteiger partial charge in [0.05, 0.1) is 5.39 Å². The molecule has 17 heavy (non-hydrogen) atoms. The van der Waals surface area contributed by atoms with Gasteiger partial charge in [-0.3, -0.25) is 3.97 Å². The van der Waals surface area contributed by atoms with E-state index in [0.717, 1.165) is 10.9 Å². The Kier molecular flexibility index (Phi) is 2.53. The maximum atomic E-state index is 6.13. The SMILES string of the molecule is Sn1ccc2c(Cl)nc(-c3ccccc3)nc21. The van der Waals surface area contributed by atoms with Crippen LogP contribution in [0.4, 0.5) is 0 Å². The molecule has 3 aromatic rings. The van der Waals surface area contributed by atoms with Gasteiger partial charge in [-0.05, 0) is 6.07 Å². The van der Waals surface area contributed by atoms with Crippen molar-refractivity contribution in [3.05, 3.63) is 47.7 Å². The van der Waals surface area contributed by atoms with E-state index in [4.69, 9.17) is 11.6 Å². The van der Waals surface area contributed by atoms with Crippen molar-refractivity contribution in [3.63, 3.8) is 0 Å². The van der Waals surface area contributed by atoms with Crippen LogP contribution in [0.1, 0.15) is 0 Å². The Hall–Kier alpha value is -1.52. The van der Waals surface area contributed by atoms with E-state index in [0.29, 0.717) is 16.6 Å². The number of fused-ring (bicyclic) bond motifs is 1. The zero-order chi connectivity index (χ0) is 11.8. The summed E-state index contributed by atoms with van der Waals surface area (Å²) in [5.74, 6) is 0.608. The van der Waals surface area contributed by atoms with Crippen molar-refractivity contribution < 1.29 is 0 Å². The molecule has 0 saturated carbocycles. The molecular formula is C12H8ClN3S. The van der Waals surface area contributed by atoms with Gasteiger partial charge in [0.15, 0.2) is 11.5 Å². The summed E-state index contributed by atoms with van der Waals surface area (Å²) in [5, 5.41) is 1.25. The first kappa shape index (κ1) is 10.6. The molecule has 0 aliphatic rings. The van der Waals surface area contributed by atoms with Gasteiger partial charge in [0.2, 0.25) is 0 Å². The highest BCUT2D eigenvalue weighted by molar-refractivity contribution is 7.78. The summed E-state index contributed by atoms with van der Waals surface area (Å²) < 4.78 is 1.63. The lowest BCUT2D eigenvalue weighted by Gasteiger charge is -2.02. The van der Waals surface area contributed by atoms with Gasteiger partial charge in [-0.2, -0.15) is 0 Å². The summed E-state index contributed by atoms with van der Waals surface area (Å²) in [6, 6.07) is 11.6. The van der Waals surface area contributed by atoms with Gasteiger partial charge < -0.3 is 0 Å². The molecule has 84 valence electrons. The molecule has 0 aliphatic carbocycles. The van der Waals surface area contributed by atoms with Crippen molar-refractivity contribution in [2.75, 3.05) is 0 Å². The summed E-state index contributed by atoms with van der Waals surface area (Å²) in [6.45, 7) is 0. The molecule has 0 bridgehead atoms. The number of nitrogens with zero attached hydrogens (tertiary/aromatic N) is 3. The molecule has 2 heterocycles. The quantitative estimate of drug-likeness (QED) is 0.537. The van der Waals surface area contributed by atoms with Crippen LogP contribution < -0.4 is 0 Å². The average Bonchev–Trinajstić information content (AvgIpc) is 2.73. The summed E-state index contributed by atoms with van der Waals surface area (Å²) in [4.78, 5) is 8.75. The molecule has 0 unspecified atom stereocenters. The predicted molar refractivity (Wildman–Crippen MR) is 72.4 cm³/mol. The standard InChI is InChI=1S/C12H8ClN3S/c13-10-9-6-7-16(17)12(9)15-11(14-10)8-4-2-1-3-5-8/h1-7,17H. The minimum absolute atomic E-state index is 0.446. The minimum Gasteiger partial charge on any atom is -0.278 e. The Bertz CT molecular complexity index is 679. The Labute approximate surface area is 109 Å². The third-order valence-corrected chi connectivity index (χ3v) is 3.12. The zero-order valence-corrected chi connectivity index (χ0v) is 10.4. The molecule has 3 nitrogen and oxygen atoms in total. The molecule has 0 N–H and O–H groups in total. The third kappa shape index (κ3) is 1.79. The molecule has 0 amide bonds. The van der Waals surface area contributed by atoms with Crippen LogP contribution in [-0.2, 0) is 0 Å². The largest absolute Gasteiger partial charge is 0.278 e. The lowest BCUT2D eigenvalue weighted by atomic mass is 10.2. The van der Waals surface area contributed by atoms with Crippen LogP contribution in [0, 0.1) is 0 Å². The Balaban J connectivity index is 2.28. The first-order chi connectivity index (χ1) is 8.25. The van der Waals surface area contributed by atoms with E-state index in [1.807, 2.05) is 36.4 Å². The maximum absolute atomic E-state index is 6.13. The molecule has 0 fully saturated rings. The molecule has 0 saturated heterocycles. The van der Waals surface area contributed by atoms with Gasteiger partial charge in [-0.1, -0.05) is 54.7 Å². The van der Waals surface area contributed by atoms with Crippen molar-refractivity contribution >= 4 is 35.4 Å². The second-order valence-electron chi connectivity index (χ2n) is 3.60. The molecule has 0 aliphatic heterocycles. The number of aromatic nitrogens is 3. The zero-order valence-electron chi connectivity index (χ0n) is 8.71. The van der Waals surface area contributed by atoms with E-state index in [1.54, 1.807) is 10.2 Å². The summed E-state index contributed by atoms with van der Waals surface area (Å²) in [5.41, 5.74) is 1.65. The molecule has 0 radical (unpaired) electrons. The monoisotopic (exact) mass is 261 g/mol. The fourth-order valence-electron chi connectivity index (χ4n) is 1.68. The Morgan fingerprint density at radius 3 is 2.59 bits per heavy atom. The Morgan fingerprint density at radius 2 is 1.82 bits per heavy atom. The number of hydrogen-bond donors (Lipinski definition) is 1. The maximum Gasteiger partial charge on any atom is 0.163 e. The topological polar surface area (TPSA) is 30.7 Å². The lowest BCUT2D eigenvalue weighted by Crippen LogP contribution is -1.92. The molecule has 0 atom stereocenters. The van der Waals surface area contributed by atoms with Gasteiger partial charge in [-0.25, -0.2) is 9.97 Å². The lowest BCUT2D eigenvalue weighted by molar-refractivity contribution is 1.19. The second-order valence-corrected chi connectivity index (χ2v) is 4.39. The fraction of sp³-hybridized carbons (Fsp3) is 0. The van der Waals surface area contributed by atoms with E-state index >= 15 is 0 Å². The van der Waals surface area contributed by atoms with Crippen LogP contribution in [-0.4, -0.2) is 13.9 Å². The van der Waals surface area contributed by atoms with Gasteiger partial charge in [0, 0.05) is 11.8 Å². The first-order valence-corrected chi connectivity index (χ1v) is 5.83. The van der Waals surface area contributed by atoms with E-state index in [2.05, 4.69) is 22.8 Å². The van der Waals surface area contributed by atoms with Crippen LogP contribution in [0.25, 0.3) is 22.4 Å². The molecule has 0 spiro atoms. The van der Waals surface area contributed by atoms with Crippen LogP contribution >= 0.6 is 24.4 Å². The molecule has 3 rings (SSSR count). The molecule has 1 aromatic carbocycles. The predicted octanol–water partition coefficient (Wildman–Crippen LogP) is 3.44. The highest BCUT2D eigenvalue weighted by atomic mass is 35.5. The molecule has 2 aromatic heterocycles. The van der Waals surface area contributed by atoms with Crippen molar-refractivity contribution in [2.45, 2.75) is 0 Å². The second kappa shape index (κ2) is 4.05. The van der Waals surface area contributed by atoms with E-state index in [9.17, 15) is 0 Å². The summed E-state index contributed by atoms with van der Waals surface area (Å²) in [7, 11) is 0. The van der Waals surface area contributed by atoms with Crippen molar-refractivity contribution in [1.82, 2.24) is 13.9 Å². The van der Waals surface area contributed by atoms with Crippen molar-refractivity contribution in [2.24, 2.45) is 0 Å². The van der Waals surface area contributed by atoms with Crippen molar-refractivity contribution in [1.29, 1.82) is 0 Å². The minimum atomic E-state index is 0.446. The van der Waals surface area contributed by atoms with Crippen LogP contribution in [0.2, 0.25) is 5.15 Å². The van der Waals surface area contributed by atoms with E-state index < -0.39 is 0 Å². The van der Waals surface area contributed by atoms with E-state index in [-0.39, 0.29) is 0 Å². The molecule has 5 heteroatoms. The third-order valence-electron chi connectivity index (χ3n) is 2.51. The van der Waals surface area contributed by atoms with Crippen LogP contribution in [0.15, 0.2) is 42.6 Å². The van der Waals surface area contributed by atoms with Crippen LogP contribution in [0.5, 0.6) is 0 Å². The summed E-state index contributed by atoms with van der Waals surface area (Å²) >= 11 is 10.4. The van der Waals surface area contributed by atoms with Gasteiger partial charge in [-0.15, -0.1) is 0 Å². The smallest absolute Gasteiger partial charge is 0.163 e.